The number of hydrogen-bond donors (Lipinski definition) is 1. The standard InChI is InChI=1S/C17H21N3O/c1-2-13-6-5-8-17(10-13,12-18)16(21)14-11-20-9-4-3-7-15(20)19-14/h3-4,7,9,11,13,16,21H,2,5-6,8,10H2,1H3. The van der Waals surface area contributed by atoms with Crippen molar-refractivity contribution >= 4 is 5.65 Å². The second-order valence-electron chi connectivity index (χ2n) is 6.17. The molecule has 0 amide bonds. The quantitative estimate of drug-likeness (QED) is 0.938. The van der Waals surface area contributed by atoms with Crippen LogP contribution in [-0.4, -0.2) is 14.5 Å². The van der Waals surface area contributed by atoms with E-state index in [0.29, 0.717) is 11.6 Å². The van der Waals surface area contributed by atoms with E-state index >= 15 is 0 Å². The zero-order chi connectivity index (χ0) is 14.9. The summed E-state index contributed by atoms with van der Waals surface area (Å²) in [7, 11) is 0. The monoisotopic (exact) mass is 283 g/mol. The Morgan fingerprint density at radius 3 is 3.14 bits per heavy atom. The van der Waals surface area contributed by atoms with E-state index in [4.69, 9.17) is 0 Å². The van der Waals surface area contributed by atoms with E-state index in [1.807, 2.05) is 35.0 Å². The highest BCUT2D eigenvalue weighted by atomic mass is 16.3. The number of aliphatic hydroxyl groups is 1. The number of pyridine rings is 1. The van der Waals surface area contributed by atoms with Gasteiger partial charge in [0, 0.05) is 12.4 Å². The van der Waals surface area contributed by atoms with Crippen LogP contribution in [0.25, 0.3) is 5.65 Å². The number of aromatic nitrogens is 2. The molecule has 1 N–H and O–H groups in total. The number of aliphatic hydroxyl groups excluding tert-OH is 1. The van der Waals surface area contributed by atoms with Crippen molar-refractivity contribution in [2.45, 2.75) is 45.1 Å². The van der Waals surface area contributed by atoms with Gasteiger partial charge >= 0.3 is 0 Å². The van der Waals surface area contributed by atoms with Crippen LogP contribution in [0.3, 0.4) is 0 Å². The summed E-state index contributed by atoms with van der Waals surface area (Å²) in [6, 6.07) is 8.18. The van der Waals surface area contributed by atoms with Crippen LogP contribution in [0.1, 0.15) is 50.8 Å². The molecule has 0 saturated heterocycles. The minimum absolute atomic E-state index is 0.532. The molecular formula is C17H21N3O. The van der Waals surface area contributed by atoms with E-state index in [1.54, 1.807) is 0 Å². The SMILES string of the molecule is CCC1CCCC(C#N)(C(O)c2cn3ccccc3n2)C1. The molecule has 2 aromatic heterocycles. The Bertz CT molecular complexity index is 639. The average Bonchev–Trinajstić information content (AvgIpc) is 2.98. The highest BCUT2D eigenvalue weighted by Crippen LogP contribution is 2.48. The molecule has 2 heterocycles. The lowest BCUT2D eigenvalue weighted by molar-refractivity contribution is 0.0160. The smallest absolute Gasteiger partial charge is 0.137 e. The molecule has 3 atom stereocenters. The van der Waals surface area contributed by atoms with Gasteiger partial charge in [0.05, 0.1) is 17.2 Å². The van der Waals surface area contributed by atoms with Gasteiger partial charge in [0.25, 0.3) is 0 Å². The first-order valence-electron chi connectivity index (χ1n) is 7.71. The van der Waals surface area contributed by atoms with E-state index in [0.717, 1.165) is 37.8 Å². The molecule has 110 valence electrons. The van der Waals surface area contributed by atoms with E-state index < -0.39 is 11.5 Å². The van der Waals surface area contributed by atoms with Crippen molar-refractivity contribution in [1.82, 2.24) is 9.38 Å². The number of fused-ring (bicyclic) bond motifs is 1. The Morgan fingerprint density at radius 2 is 2.43 bits per heavy atom. The lowest BCUT2D eigenvalue weighted by atomic mass is 9.66. The third-order valence-electron chi connectivity index (χ3n) is 4.87. The Balaban J connectivity index is 1.94. The summed E-state index contributed by atoms with van der Waals surface area (Å²) < 4.78 is 1.89. The molecule has 1 aliphatic rings. The van der Waals surface area contributed by atoms with E-state index in [-0.39, 0.29) is 0 Å². The number of hydrogen-bond acceptors (Lipinski definition) is 3. The van der Waals surface area contributed by atoms with Crippen LogP contribution in [0.4, 0.5) is 0 Å². The molecule has 4 nitrogen and oxygen atoms in total. The molecule has 3 unspecified atom stereocenters. The first-order valence-corrected chi connectivity index (χ1v) is 7.71. The maximum atomic E-state index is 10.8. The second-order valence-corrected chi connectivity index (χ2v) is 6.17. The van der Waals surface area contributed by atoms with Gasteiger partial charge in [-0.1, -0.05) is 32.3 Å². The van der Waals surface area contributed by atoms with Gasteiger partial charge < -0.3 is 9.51 Å². The summed E-state index contributed by atoms with van der Waals surface area (Å²) in [4.78, 5) is 4.49. The lowest BCUT2D eigenvalue weighted by Gasteiger charge is -2.38. The third-order valence-corrected chi connectivity index (χ3v) is 4.87. The second kappa shape index (κ2) is 5.50. The van der Waals surface area contributed by atoms with Gasteiger partial charge in [-0.15, -0.1) is 0 Å². The van der Waals surface area contributed by atoms with Crippen molar-refractivity contribution in [3.8, 4) is 6.07 Å². The van der Waals surface area contributed by atoms with Crippen LogP contribution in [0.5, 0.6) is 0 Å². The van der Waals surface area contributed by atoms with Gasteiger partial charge in [0.2, 0.25) is 0 Å². The molecule has 2 aromatic rings. The first-order chi connectivity index (χ1) is 10.2. The zero-order valence-electron chi connectivity index (χ0n) is 12.4. The van der Waals surface area contributed by atoms with Crippen molar-refractivity contribution < 1.29 is 5.11 Å². The van der Waals surface area contributed by atoms with Gasteiger partial charge in [0.15, 0.2) is 0 Å². The normalized spacial score (nSPS) is 27.4. The van der Waals surface area contributed by atoms with Crippen molar-refractivity contribution in [1.29, 1.82) is 5.26 Å². The number of rotatable bonds is 3. The highest BCUT2D eigenvalue weighted by molar-refractivity contribution is 5.40. The van der Waals surface area contributed by atoms with Crippen molar-refractivity contribution in [2.75, 3.05) is 0 Å². The van der Waals surface area contributed by atoms with Crippen LogP contribution in [0.2, 0.25) is 0 Å². The summed E-state index contributed by atoms with van der Waals surface area (Å²) in [6.45, 7) is 2.16. The van der Waals surface area contributed by atoms with Crippen molar-refractivity contribution in [3.63, 3.8) is 0 Å². The molecule has 0 bridgehead atoms. The number of imidazole rings is 1. The molecular weight excluding hydrogens is 262 g/mol. The molecule has 1 fully saturated rings. The van der Waals surface area contributed by atoms with Crippen LogP contribution in [-0.2, 0) is 0 Å². The fraction of sp³-hybridized carbons (Fsp3) is 0.529. The minimum Gasteiger partial charge on any atom is -0.385 e. The molecule has 0 spiro atoms. The predicted molar refractivity (Wildman–Crippen MR) is 80.4 cm³/mol. The Labute approximate surface area is 125 Å². The zero-order valence-corrected chi connectivity index (χ0v) is 12.4. The lowest BCUT2D eigenvalue weighted by Crippen LogP contribution is -2.33. The number of nitrogens with zero attached hydrogens (tertiary/aromatic N) is 3. The molecule has 3 rings (SSSR count). The van der Waals surface area contributed by atoms with Gasteiger partial charge in [-0.3, -0.25) is 0 Å². The van der Waals surface area contributed by atoms with Gasteiger partial charge in [-0.25, -0.2) is 4.98 Å². The van der Waals surface area contributed by atoms with Gasteiger partial charge in [-0.05, 0) is 30.9 Å². The van der Waals surface area contributed by atoms with Gasteiger partial charge in [-0.2, -0.15) is 5.26 Å². The molecule has 0 radical (unpaired) electrons. The fourth-order valence-corrected chi connectivity index (χ4v) is 3.55. The summed E-state index contributed by atoms with van der Waals surface area (Å²) >= 11 is 0. The van der Waals surface area contributed by atoms with Crippen LogP contribution in [0.15, 0.2) is 30.6 Å². The van der Waals surface area contributed by atoms with E-state index in [2.05, 4.69) is 18.0 Å². The maximum absolute atomic E-state index is 10.8. The summed E-state index contributed by atoms with van der Waals surface area (Å²) in [5.41, 5.74) is 0.735. The van der Waals surface area contributed by atoms with Crippen molar-refractivity contribution in [3.05, 3.63) is 36.3 Å². The van der Waals surface area contributed by atoms with E-state index in [1.165, 1.54) is 0 Å². The van der Waals surface area contributed by atoms with Crippen LogP contribution in [0, 0.1) is 22.7 Å². The van der Waals surface area contributed by atoms with Crippen LogP contribution >= 0.6 is 0 Å². The Kier molecular flexibility index (Phi) is 3.69. The third kappa shape index (κ3) is 2.43. The minimum atomic E-state index is -0.809. The van der Waals surface area contributed by atoms with E-state index in [9.17, 15) is 10.4 Å². The largest absolute Gasteiger partial charge is 0.385 e. The average molecular weight is 283 g/mol. The predicted octanol–water partition coefficient (Wildman–Crippen LogP) is 3.48. The molecule has 1 aliphatic carbocycles. The summed E-state index contributed by atoms with van der Waals surface area (Å²) in [6.07, 6.45) is 7.72. The summed E-state index contributed by atoms with van der Waals surface area (Å²) in [5.74, 6) is 0.532. The molecule has 1 saturated carbocycles. The fourth-order valence-electron chi connectivity index (χ4n) is 3.55. The Morgan fingerprint density at radius 1 is 1.57 bits per heavy atom. The summed E-state index contributed by atoms with van der Waals surface area (Å²) in [5, 5.41) is 20.5. The maximum Gasteiger partial charge on any atom is 0.137 e. The molecule has 0 aromatic carbocycles. The van der Waals surface area contributed by atoms with Crippen molar-refractivity contribution in [2.24, 2.45) is 11.3 Å². The molecule has 0 aliphatic heterocycles. The number of nitriles is 1. The van der Waals surface area contributed by atoms with Gasteiger partial charge in [0.1, 0.15) is 11.8 Å². The molecule has 21 heavy (non-hydrogen) atoms. The van der Waals surface area contributed by atoms with Crippen LogP contribution < -0.4 is 0 Å². The first kappa shape index (κ1) is 14.1. The topological polar surface area (TPSA) is 61.3 Å². The Hall–Kier alpha value is -1.86. The highest BCUT2D eigenvalue weighted by Gasteiger charge is 2.43. The molecule has 4 heteroatoms.